The molecule has 1 amide bonds. The number of halogens is 2. The number of benzene rings is 1. The molecule has 1 aromatic carbocycles. The van der Waals surface area contributed by atoms with Gasteiger partial charge in [-0.15, -0.1) is 0 Å². The third-order valence-corrected chi connectivity index (χ3v) is 3.51. The van der Waals surface area contributed by atoms with Crippen molar-refractivity contribution in [3.05, 3.63) is 29.8 Å². The number of amides is 1. The second-order valence-electron chi connectivity index (χ2n) is 5.40. The van der Waals surface area contributed by atoms with Crippen molar-refractivity contribution in [2.75, 3.05) is 13.2 Å². The minimum Gasteiger partial charge on any atom is -0.481 e. The molecule has 1 heterocycles. The van der Waals surface area contributed by atoms with Crippen molar-refractivity contribution in [2.24, 2.45) is 0 Å². The van der Waals surface area contributed by atoms with Crippen LogP contribution < -0.4 is 10.1 Å². The molecule has 0 radical (unpaired) electrons. The van der Waals surface area contributed by atoms with Crippen LogP contribution in [0.4, 0.5) is 8.78 Å². The van der Waals surface area contributed by atoms with Crippen LogP contribution in [0.1, 0.15) is 18.4 Å². The molecule has 0 saturated carbocycles. The molecule has 0 spiro atoms. The molecule has 2 N–H and O–H groups in total. The van der Waals surface area contributed by atoms with Crippen molar-refractivity contribution in [1.29, 1.82) is 0 Å². The highest BCUT2D eigenvalue weighted by Gasteiger charge is 2.38. The summed E-state index contributed by atoms with van der Waals surface area (Å²) in [5.74, 6) is -1.35. The average molecular weight is 329 g/mol. The molecule has 126 valence electrons. The van der Waals surface area contributed by atoms with Crippen LogP contribution >= 0.6 is 0 Å². The number of nitrogens with one attached hydrogen (secondary N) is 1. The molecule has 0 aliphatic carbocycles. The van der Waals surface area contributed by atoms with Gasteiger partial charge in [0.1, 0.15) is 5.75 Å². The molecule has 6 nitrogen and oxygen atoms in total. The van der Waals surface area contributed by atoms with Gasteiger partial charge in [-0.2, -0.15) is 8.78 Å². The SMILES string of the molecule is O=C(O)CC1(NC(=O)Cc2ccc(OC(F)F)cc2)CCOC1. The van der Waals surface area contributed by atoms with E-state index < -0.39 is 18.1 Å². The van der Waals surface area contributed by atoms with Crippen molar-refractivity contribution < 1.29 is 33.0 Å². The maximum absolute atomic E-state index is 12.1. The summed E-state index contributed by atoms with van der Waals surface area (Å²) in [6.45, 7) is -2.35. The Balaban J connectivity index is 1.94. The maximum atomic E-state index is 12.1. The highest BCUT2D eigenvalue weighted by Crippen LogP contribution is 2.23. The minimum atomic E-state index is -2.90. The fourth-order valence-electron chi connectivity index (χ4n) is 2.49. The first-order chi connectivity index (χ1) is 10.9. The lowest BCUT2D eigenvalue weighted by atomic mass is 9.94. The summed E-state index contributed by atoms with van der Waals surface area (Å²) < 4.78 is 33.5. The smallest absolute Gasteiger partial charge is 0.387 e. The second-order valence-corrected chi connectivity index (χ2v) is 5.40. The van der Waals surface area contributed by atoms with Crippen molar-refractivity contribution in [3.8, 4) is 5.75 Å². The van der Waals surface area contributed by atoms with Gasteiger partial charge in [0, 0.05) is 6.61 Å². The van der Waals surface area contributed by atoms with Crippen molar-refractivity contribution >= 4 is 11.9 Å². The number of carboxylic acids is 1. The molecule has 1 aliphatic heterocycles. The van der Waals surface area contributed by atoms with Gasteiger partial charge in [-0.1, -0.05) is 12.1 Å². The summed E-state index contributed by atoms with van der Waals surface area (Å²) in [6, 6.07) is 5.71. The Morgan fingerprint density at radius 2 is 2.04 bits per heavy atom. The zero-order chi connectivity index (χ0) is 16.9. The van der Waals surface area contributed by atoms with Gasteiger partial charge in [0.25, 0.3) is 0 Å². The van der Waals surface area contributed by atoms with E-state index >= 15 is 0 Å². The van der Waals surface area contributed by atoms with Crippen LogP contribution in [-0.4, -0.2) is 42.3 Å². The van der Waals surface area contributed by atoms with Gasteiger partial charge in [-0.05, 0) is 24.1 Å². The van der Waals surface area contributed by atoms with E-state index in [4.69, 9.17) is 9.84 Å². The lowest BCUT2D eigenvalue weighted by Gasteiger charge is -2.27. The average Bonchev–Trinajstić information content (AvgIpc) is 2.87. The van der Waals surface area contributed by atoms with Crippen LogP contribution in [0.3, 0.4) is 0 Å². The largest absolute Gasteiger partial charge is 0.481 e. The highest BCUT2D eigenvalue weighted by molar-refractivity contribution is 5.80. The molecule has 23 heavy (non-hydrogen) atoms. The van der Waals surface area contributed by atoms with Gasteiger partial charge in [-0.3, -0.25) is 9.59 Å². The third-order valence-electron chi connectivity index (χ3n) is 3.51. The molecular weight excluding hydrogens is 312 g/mol. The van der Waals surface area contributed by atoms with Gasteiger partial charge >= 0.3 is 12.6 Å². The zero-order valence-corrected chi connectivity index (χ0v) is 12.3. The first-order valence-electron chi connectivity index (χ1n) is 7.03. The maximum Gasteiger partial charge on any atom is 0.387 e. The molecule has 1 aromatic rings. The number of carboxylic acid groups (broad SMARTS) is 1. The standard InChI is InChI=1S/C15H17F2NO5/c16-14(17)23-11-3-1-10(2-4-11)7-12(19)18-15(8-13(20)21)5-6-22-9-15/h1-4,14H,5-9H2,(H,18,19)(H,20,21). The van der Waals surface area contributed by atoms with Gasteiger partial charge in [-0.25, -0.2) is 0 Å². The number of carbonyl (C=O) groups excluding carboxylic acids is 1. The van der Waals surface area contributed by atoms with Crippen LogP contribution in [0.2, 0.25) is 0 Å². The van der Waals surface area contributed by atoms with Crippen LogP contribution in [0.25, 0.3) is 0 Å². The molecule has 1 aliphatic rings. The van der Waals surface area contributed by atoms with Crippen LogP contribution in [-0.2, 0) is 20.7 Å². The molecule has 0 bridgehead atoms. The Labute approximate surface area is 131 Å². The molecule has 0 aromatic heterocycles. The summed E-state index contributed by atoms with van der Waals surface area (Å²) >= 11 is 0. The van der Waals surface area contributed by atoms with Crippen molar-refractivity contribution in [2.45, 2.75) is 31.4 Å². The number of aliphatic carboxylic acids is 1. The summed E-state index contributed by atoms with van der Waals surface area (Å²) in [5, 5.41) is 11.7. The first-order valence-corrected chi connectivity index (χ1v) is 7.03. The van der Waals surface area contributed by atoms with E-state index in [1.165, 1.54) is 24.3 Å². The van der Waals surface area contributed by atoms with E-state index in [1.807, 2.05) is 0 Å². The molecule has 8 heteroatoms. The summed E-state index contributed by atoms with van der Waals surface area (Å²) in [5.41, 5.74) is -0.282. The topological polar surface area (TPSA) is 84.9 Å². The quantitative estimate of drug-likeness (QED) is 0.793. The van der Waals surface area contributed by atoms with Crippen molar-refractivity contribution in [3.63, 3.8) is 0 Å². The third kappa shape index (κ3) is 5.17. The summed E-state index contributed by atoms with van der Waals surface area (Å²) in [4.78, 5) is 23.1. The number of hydrogen-bond acceptors (Lipinski definition) is 4. The van der Waals surface area contributed by atoms with Crippen LogP contribution in [0.5, 0.6) is 5.75 Å². The summed E-state index contributed by atoms with van der Waals surface area (Å²) in [6.07, 6.45) is 0.239. The van der Waals surface area contributed by atoms with Gasteiger partial charge in [0.05, 0.1) is 25.0 Å². The molecule has 1 atom stereocenters. The van der Waals surface area contributed by atoms with E-state index in [9.17, 15) is 18.4 Å². The van der Waals surface area contributed by atoms with Gasteiger partial charge < -0.3 is 19.9 Å². The Kier molecular flexibility index (Phi) is 5.49. The van der Waals surface area contributed by atoms with E-state index in [1.54, 1.807) is 0 Å². The van der Waals surface area contributed by atoms with Crippen molar-refractivity contribution in [1.82, 2.24) is 5.32 Å². The second kappa shape index (κ2) is 7.36. The predicted molar refractivity (Wildman–Crippen MR) is 75.3 cm³/mol. The monoisotopic (exact) mass is 329 g/mol. The Morgan fingerprint density at radius 1 is 1.35 bits per heavy atom. The number of alkyl halides is 2. The number of ether oxygens (including phenoxy) is 2. The fourth-order valence-corrected chi connectivity index (χ4v) is 2.49. The van der Waals surface area contributed by atoms with Gasteiger partial charge in [0.2, 0.25) is 5.91 Å². The van der Waals surface area contributed by atoms with E-state index in [2.05, 4.69) is 10.1 Å². The normalized spacial score (nSPS) is 20.5. The van der Waals surface area contributed by atoms with E-state index in [0.29, 0.717) is 18.6 Å². The molecule has 1 fully saturated rings. The first kappa shape index (κ1) is 17.1. The minimum absolute atomic E-state index is 0.00991. The Hall–Kier alpha value is -2.22. The summed E-state index contributed by atoms with van der Waals surface area (Å²) in [7, 11) is 0. The van der Waals surface area contributed by atoms with Gasteiger partial charge in [0.15, 0.2) is 0 Å². The van der Waals surface area contributed by atoms with Crippen LogP contribution in [0, 0.1) is 0 Å². The lowest BCUT2D eigenvalue weighted by molar-refractivity contribution is -0.139. The zero-order valence-electron chi connectivity index (χ0n) is 12.3. The Morgan fingerprint density at radius 3 is 2.57 bits per heavy atom. The molecular formula is C15H17F2NO5. The number of hydrogen-bond donors (Lipinski definition) is 2. The molecule has 1 saturated heterocycles. The molecule has 2 rings (SSSR count). The molecule has 1 unspecified atom stereocenters. The Bertz CT molecular complexity index is 555. The fraction of sp³-hybridized carbons (Fsp3) is 0.467. The number of carbonyl (C=O) groups is 2. The number of rotatable bonds is 7. The van der Waals surface area contributed by atoms with Crippen LogP contribution in [0.15, 0.2) is 24.3 Å². The lowest BCUT2D eigenvalue weighted by Crippen LogP contribution is -2.51. The van der Waals surface area contributed by atoms with E-state index in [0.717, 1.165) is 0 Å². The van der Waals surface area contributed by atoms with E-state index in [-0.39, 0.29) is 31.1 Å². The predicted octanol–water partition coefficient (Wildman–Crippen LogP) is 1.58. The highest BCUT2D eigenvalue weighted by atomic mass is 19.3.